The Hall–Kier alpha value is -2.52. The number of benzene rings is 1. The highest BCUT2D eigenvalue weighted by Gasteiger charge is 2.30. The van der Waals surface area contributed by atoms with Crippen molar-refractivity contribution in [2.75, 3.05) is 11.4 Å². The quantitative estimate of drug-likeness (QED) is 0.820. The van der Waals surface area contributed by atoms with E-state index in [1.54, 1.807) is 17.0 Å². The number of carbonyl (C=O) groups is 1. The summed E-state index contributed by atoms with van der Waals surface area (Å²) < 4.78 is 28.7. The predicted molar refractivity (Wildman–Crippen MR) is 96.5 cm³/mol. The fourth-order valence-corrected chi connectivity index (χ4v) is 4.25. The van der Waals surface area contributed by atoms with Crippen molar-refractivity contribution in [3.63, 3.8) is 0 Å². The van der Waals surface area contributed by atoms with Gasteiger partial charge in [-0.3, -0.25) is 9.59 Å². The first-order chi connectivity index (χ1) is 12.3. The predicted octanol–water partition coefficient (Wildman–Crippen LogP) is 0.519. The van der Waals surface area contributed by atoms with Gasteiger partial charge >= 0.3 is 0 Å². The average Bonchev–Trinajstić information content (AvgIpc) is 2.91. The molecule has 1 aliphatic heterocycles. The molecule has 1 amide bonds. The molecule has 1 aliphatic rings. The number of nitrogens with zero attached hydrogens (tertiary/aromatic N) is 3. The highest BCUT2D eigenvalue weighted by molar-refractivity contribution is 7.89. The van der Waals surface area contributed by atoms with E-state index in [1.165, 1.54) is 36.0 Å². The number of hydrogen-bond donors (Lipinski definition) is 1. The van der Waals surface area contributed by atoms with Gasteiger partial charge in [0.15, 0.2) is 0 Å². The van der Waals surface area contributed by atoms with E-state index in [4.69, 9.17) is 0 Å². The number of rotatable bonds is 5. The lowest BCUT2D eigenvalue weighted by Gasteiger charge is -2.20. The molecule has 0 spiro atoms. The second kappa shape index (κ2) is 7.00. The minimum absolute atomic E-state index is 0.00411. The van der Waals surface area contributed by atoms with Gasteiger partial charge in [-0.1, -0.05) is 0 Å². The van der Waals surface area contributed by atoms with Crippen LogP contribution in [-0.2, 0) is 27.8 Å². The van der Waals surface area contributed by atoms with Gasteiger partial charge in [-0.2, -0.15) is 5.10 Å². The summed E-state index contributed by atoms with van der Waals surface area (Å²) in [5, 5.41) is 3.88. The molecule has 1 aromatic heterocycles. The van der Waals surface area contributed by atoms with Crippen LogP contribution < -0.4 is 15.2 Å². The second-order valence-corrected chi connectivity index (χ2v) is 7.98. The number of sulfonamides is 1. The van der Waals surface area contributed by atoms with E-state index in [2.05, 4.69) is 9.82 Å². The maximum Gasteiger partial charge on any atom is 0.266 e. The van der Waals surface area contributed by atoms with Gasteiger partial charge in [-0.05, 0) is 43.2 Å². The lowest BCUT2D eigenvalue weighted by Crippen LogP contribution is -2.33. The minimum Gasteiger partial charge on any atom is -0.309 e. The van der Waals surface area contributed by atoms with Crippen molar-refractivity contribution in [2.24, 2.45) is 0 Å². The van der Waals surface area contributed by atoms with Gasteiger partial charge in [-0.15, -0.1) is 0 Å². The van der Waals surface area contributed by atoms with Crippen molar-refractivity contribution in [1.82, 2.24) is 14.5 Å². The van der Waals surface area contributed by atoms with E-state index >= 15 is 0 Å². The molecule has 1 aromatic carbocycles. The Labute approximate surface area is 151 Å². The first-order valence-electron chi connectivity index (χ1n) is 8.24. The molecule has 2 aromatic rings. The van der Waals surface area contributed by atoms with Crippen LogP contribution in [0.4, 0.5) is 5.69 Å². The number of amides is 1. The Kier molecular flexibility index (Phi) is 4.92. The number of nitrogens with one attached hydrogen (secondary N) is 1. The lowest BCUT2D eigenvalue weighted by atomic mass is 10.1. The summed E-state index contributed by atoms with van der Waals surface area (Å²) >= 11 is 0. The molecule has 26 heavy (non-hydrogen) atoms. The first kappa shape index (κ1) is 18.3. The van der Waals surface area contributed by atoms with E-state index in [0.717, 1.165) is 11.3 Å². The normalized spacial score (nSPS) is 16.5. The average molecular weight is 376 g/mol. The molecule has 9 heteroatoms. The summed E-state index contributed by atoms with van der Waals surface area (Å²) in [4.78, 5) is 25.2. The topological polar surface area (TPSA) is 101 Å². The molecule has 0 fully saturated rings. The Balaban J connectivity index is 1.74. The van der Waals surface area contributed by atoms with Crippen LogP contribution in [0, 0.1) is 0 Å². The van der Waals surface area contributed by atoms with Crippen LogP contribution in [0.3, 0.4) is 0 Å². The molecule has 0 radical (unpaired) electrons. The number of aromatic nitrogens is 2. The summed E-state index contributed by atoms with van der Waals surface area (Å²) in [6, 6.07) is 7.65. The van der Waals surface area contributed by atoms with Crippen LogP contribution in [0.15, 0.2) is 46.2 Å². The molecule has 0 bridgehead atoms. The highest BCUT2D eigenvalue weighted by Crippen LogP contribution is 2.33. The second-order valence-electron chi connectivity index (χ2n) is 6.22. The Bertz CT molecular complexity index is 1000. The molecule has 0 aliphatic carbocycles. The fraction of sp³-hybridized carbons (Fsp3) is 0.353. The largest absolute Gasteiger partial charge is 0.309 e. The molecule has 2 heterocycles. The van der Waals surface area contributed by atoms with Crippen molar-refractivity contribution < 1.29 is 13.2 Å². The van der Waals surface area contributed by atoms with Crippen molar-refractivity contribution in [3.8, 4) is 0 Å². The third-order valence-corrected chi connectivity index (χ3v) is 5.78. The van der Waals surface area contributed by atoms with Crippen molar-refractivity contribution in [2.45, 2.75) is 37.8 Å². The number of carbonyl (C=O) groups excluding carboxylic acids is 1. The molecule has 1 atom stereocenters. The fourth-order valence-electron chi connectivity index (χ4n) is 3.18. The van der Waals surface area contributed by atoms with E-state index in [-0.39, 0.29) is 35.5 Å². The van der Waals surface area contributed by atoms with Gasteiger partial charge in [0, 0.05) is 37.5 Å². The van der Waals surface area contributed by atoms with Crippen LogP contribution in [0.2, 0.25) is 0 Å². The third kappa shape index (κ3) is 3.54. The Morgan fingerprint density at radius 2 is 2.12 bits per heavy atom. The Morgan fingerprint density at radius 1 is 1.35 bits per heavy atom. The number of fused-ring (bicyclic) bond motifs is 1. The van der Waals surface area contributed by atoms with Crippen molar-refractivity contribution >= 4 is 21.6 Å². The van der Waals surface area contributed by atoms with E-state index in [0.29, 0.717) is 6.42 Å². The maximum absolute atomic E-state index is 12.5. The summed E-state index contributed by atoms with van der Waals surface area (Å²) in [6.07, 6.45) is 2.08. The van der Waals surface area contributed by atoms with Crippen LogP contribution in [-0.4, -0.2) is 36.7 Å². The van der Waals surface area contributed by atoms with Crippen molar-refractivity contribution in [3.05, 3.63) is 52.4 Å². The molecular weight excluding hydrogens is 356 g/mol. The standard InChI is InChI=1S/C17H20N4O4S/c1-12-10-14-11-15(5-6-16(14)21(12)13(2)22)26(24,25)19-8-9-20-17(23)4-3-7-18-20/h3-7,11-12,19H,8-10H2,1-2H3. The zero-order chi connectivity index (χ0) is 18.9. The molecule has 8 nitrogen and oxygen atoms in total. The monoisotopic (exact) mass is 376 g/mol. The number of anilines is 1. The van der Waals surface area contributed by atoms with Gasteiger partial charge in [0.25, 0.3) is 5.56 Å². The van der Waals surface area contributed by atoms with Gasteiger partial charge in [0.2, 0.25) is 15.9 Å². The SMILES string of the molecule is CC(=O)N1c2ccc(S(=O)(=O)NCCn3ncccc3=O)cc2CC1C. The van der Waals surface area contributed by atoms with Crippen LogP contribution in [0.25, 0.3) is 0 Å². The number of hydrogen-bond acceptors (Lipinski definition) is 5. The minimum atomic E-state index is -3.72. The van der Waals surface area contributed by atoms with E-state index in [9.17, 15) is 18.0 Å². The molecule has 0 saturated carbocycles. The lowest BCUT2D eigenvalue weighted by molar-refractivity contribution is -0.116. The summed E-state index contributed by atoms with van der Waals surface area (Å²) in [5.74, 6) is -0.0641. The van der Waals surface area contributed by atoms with Crippen LogP contribution >= 0.6 is 0 Å². The van der Waals surface area contributed by atoms with Gasteiger partial charge in [0.05, 0.1) is 11.4 Å². The molecule has 3 rings (SSSR count). The summed E-state index contributed by atoms with van der Waals surface area (Å²) in [5.41, 5.74) is 1.29. The van der Waals surface area contributed by atoms with Gasteiger partial charge in [0.1, 0.15) is 0 Å². The summed E-state index contributed by atoms with van der Waals surface area (Å²) in [7, 11) is -3.72. The van der Waals surface area contributed by atoms with Gasteiger partial charge in [-0.25, -0.2) is 17.8 Å². The molecular formula is C17H20N4O4S. The highest BCUT2D eigenvalue weighted by atomic mass is 32.2. The molecule has 1 unspecified atom stereocenters. The zero-order valence-corrected chi connectivity index (χ0v) is 15.4. The zero-order valence-electron chi connectivity index (χ0n) is 14.5. The smallest absolute Gasteiger partial charge is 0.266 e. The Morgan fingerprint density at radius 3 is 2.81 bits per heavy atom. The molecule has 138 valence electrons. The summed E-state index contributed by atoms with van der Waals surface area (Å²) in [6.45, 7) is 3.61. The molecule has 0 saturated heterocycles. The maximum atomic E-state index is 12.5. The van der Waals surface area contributed by atoms with Crippen molar-refractivity contribution in [1.29, 1.82) is 0 Å². The van der Waals surface area contributed by atoms with Gasteiger partial charge < -0.3 is 4.90 Å². The first-order valence-corrected chi connectivity index (χ1v) is 9.72. The van der Waals surface area contributed by atoms with E-state index < -0.39 is 10.0 Å². The molecule has 1 N–H and O–H groups in total. The van der Waals surface area contributed by atoms with Crippen LogP contribution in [0.1, 0.15) is 19.4 Å². The van der Waals surface area contributed by atoms with Crippen LogP contribution in [0.5, 0.6) is 0 Å². The van der Waals surface area contributed by atoms with E-state index in [1.807, 2.05) is 6.92 Å². The third-order valence-electron chi connectivity index (χ3n) is 4.32.